The van der Waals surface area contributed by atoms with E-state index in [0.29, 0.717) is 23.4 Å². The van der Waals surface area contributed by atoms with E-state index in [1.165, 1.54) is 6.07 Å². The molecule has 3 aromatic rings. The Labute approximate surface area is 211 Å². The van der Waals surface area contributed by atoms with Crippen LogP contribution in [0.3, 0.4) is 0 Å². The molecule has 0 heterocycles. The number of hydroxylamine groups is 1. The predicted octanol–water partition coefficient (Wildman–Crippen LogP) is 4.42. The van der Waals surface area contributed by atoms with E-state index in [9.17, 15) is 14.4 Å². The van der Waals surface area contributed by atoms with Crippen molar-refractivity contribution in [3.63, 3.8) is 0 Å². The van der Waals surface area contributed by atoms with Crippen molar-refractivity contribution in [3.05, 3.63) is 94.5 Å². The van der Waals surface area contributed by atoms with Gasteiger partial charge in [0.15, 0.2) is 0 Å². The molecule has 0 saturated carbocycles. The summed E-state index contributed by atoms with van der Waals surface area (Å²) in [6, 6.07) is 19.1. The zero-order chi connectivity index (χ0) is 26.1. The monoisotopic (exact) mass is 488 g/mol. The summed E-state index contributed by atoms with van der Waals surface area (Å²) < 4.78 is 0. The topological polar surface area (TPSA) is 99.8 Å². The predicted molar refractivity (Wildman–Crippen MR) is 141 cm³/mol. The largest absolute Gasteiger partial charge is 0.322 e. The van der Waals surface area contributed by atoms with Crippen molar-refractivity contribution in [1.82, 2.24) is 10.4 Å². The van der Waals surface area contributed by atoms with Crippen LogP contribution in [0.2, 0.25) is 0 Å². The molecule has 0 bridgehead atoms. The van der Waals surface area contributed by atoms with Gasteiger partial charge in [0.05, 0.1) is 17.9 Å². The molecule has 0 atom stereocenters. The van der Waals surface area contributed by atoms with Crippen molar-refractivity contribution in [3.8, 4) is 0 Å². The Morgan fingerprint density at radius 1 is 0.778 bits per heavy atom. The van der Waals surface area contributed by atoms with Gasteiger partial charge in [0, 0.05) is 16.8 Å². The van der Waals surface area contributed by atoms with Crippen LogP contribution in [0, 0.1) is 13.8 Å². The Kier molecular flexibility index (Phi) is 9.32. The van der Waals surface area contributed by atoms with E-state index < -0.39 is 5.91 Å². The third-order valence-electron chi connectivity index (χ3n) is 5.35. The molecule has 0 aliphatic carbocycles. The Balaban J connectivity index is 1.80. The molecule has 0 aliphatic rings. The minimum absolute atomic E-state index is 0.206. The molecule has 0 saturated heterocycles. The van der Waals surface area contributed by atoms with E-state index in [4.69, 9.17) is 4.84 Å². The van der Waals surface area contributed by atoms with E-state index in [1.807, 2.05) is 51.0 Å². The van der Waals surface area contributed by atoms with Gasteiger partial charge in [-0.25, -0.2) is 5.48 Å². The molecule has 36 heavy (non-hydrogen) atoms. The maximum absolute atomic E-state index is 12.9. The zero-order valence-corrected chi connectivity index (χ0v) is 21.1. The molecule has 0 unspecified atom stereocenters. The van der Waals surface area contributed by atoms with E-state index >= 15 is 0 Å². The smallest absolute Gasteiger partial charge is 0.276 e. The summed E-state index contributed by atoms with van der Waals surface area (Å²) in [7, 11) is 3.92. The second kappa shape index (κ2) is 12.6. The number of rotatable bonds is 10. The van der Waals surface area contributed by atoms with Crippen LogP contribution in [0.15, 0.2) is 66.7 Å². The van der Waals surface area contributed by atoms with Gasteiger partial charge < -0.3 is 15.5 Å². The summed E-state index contributed by atoms with van der Waals surface area (Å²) in [6.07, 6.45) is 0.744. The number of carbonyl (C=O) groups excluding carboxylic acids is 3. The quantitative estimate of drug-likeness (QED) is 0.290. The lowest BCUT2D eigenvalue weighted by molar-refractivity contribution is 0.0289. The number of anilines is 2. The SMILES string of the molecule is Cc1cccc(C(=O)Nc2ccc(C(=O)NOCCCN(C)C)c(NC(=O)c3cccc(C)c3)c2)c1. The molecule has 0 aromatic heterocycles. The Morgan fingerprint density at radius 2 is 1.39 bits per heavy atom. The molecule has 8 heteroatoms. The van der Waals surface area contributed by atoms with Gasteiger partial charge in [-0.15, -0.1) is 0 Å². The maximum atomic E-state index is 12.9. The highest BCUT2D eigenvalue weighted by Crippen LogP contribution is 2.23. The van der Waals surface area contributed by atoms with Crippen molar-refractivity contribution >= 4 is 29.1 Å². The Bertz CT molecular complexity index is 1240. The van der Waals surface area contributed by atoms with Gasteiger partial charge in [0.2, 0.25) is 0 Å². The fourth-order valence-electron chi connectivity index (χ4n) is 3.52. The van der Waals surface area contributed by atoms with Gasteiger partial charge in [-0.2, -0.15) is 0 Å². The van der Waals surface area contributed by atoms with Crippen LogP contribution in [-0.4, -0.2) is 49.9 Å². The molecule has 0 spiro atoms. The van der Waals surface area contributed by atoms with Crippen LogP contribution in [0.4, 0.5) is 11.4 Å². The fourth-order valence-corrected chi connectivity index (χ4v) is 3.52. The Morgan fingerprint density at radius 3 is 1.97 bits per heavy atom. The number of amides is 3. The third-order valence-corrected chi connectivity index (χ3v) is 5.35. The number of hydrogen-bond acceptors (Lipinski definition) is 5. The van der Waals surface area contributed by atoms with Gasteiger partial charge >= 0.3 is 0 Å². The van der Waals surface area contributed by atoms with Gasteiger partial charge in [-0.3, -0.25) is 19.2 Å². The minimum Gasteiger partial charge on any atom is -0.322 e. The highest BCUT2D eigenvalue weighted by Gasteiger charge is 2.17. The average Bonchev–Trinajstić information content (AvgIpc) is 2.83. The molecular weight excluding hydrogens is 456 g/mol. The molecule has 3 rings (SSSR count). The number of benzene rings is 3. The van der Waals surface area contributed by atoms with Crippen LogP contribution in [0.1, 0.15) is 48.6 Å². The van der Waals surface area contributed by atoms with Gasteiger partial charge in [-0.1, -0.05) is 35.4 Å². The molecule has 3 amide bonds. The molecule has 3 N–H and O–H groups in total. The zero-order valence-electron chi connectivity index (χ0n) is 21.1. The van der Waals surface area contributed by atoms with Gasteiger partial charge in [0.1, 0.15) is 0 Å². The van der Waals surface area contributed by atoms with Gasteiger partial charge in [0.25, 0.3) is 17.7 Å². The molecule has 8 nitrogen and oxygen atoms in total. The highest BCUT2D eigenvalue weighted by molar-refractivity contribution is 6.10. The molecule has 0 aliphatic heterocycles. The first kappa shape index (κ1) is 26.6. The van der Waals surface area contributed by atoms with Crippen molar-refractivity contribution in [2.45, 2.75) is 20.3 Å². The first-order chi connectivity index (χ1) is 17.2. The number of hydrogen-bond donors (Lipinski definition) is 3. The number of nitrogens with zero attached hydrogens (tertiary/aromatic N) is 1. The van der Waals surface area contributed by atoms with E-state index in [2.05, 4.69) is 16.1 Å². The average molecular weight is 489 g/mol. The fraction of sp³-hybridized carbons (Fsp3) is 0.250. The van der Waals surface area contributed by atoms with Crippen LogP contribution in [0.25, 0.3) is 0 Å². The standard InChI is InChI=1S/C28H32N4O4/c1-19-8-5-10-21(16-19)26(33)29-23-12-13-24(28(35)31-36-15-7-14-32(3)4)25(18-23)30-27(34)22-11-6-9-20(2)17-22/h5-6,8-13,16-18H,7,14-15H2,1-4H3,(H,29,33)(H,30,34)(H,31,35). The van der Waals surface area contributed by atoms with Crippen LogP contribution in [-0.2, 0) is 4.84 Å². The summed E-state index contributed by atoms with van der Waals surface area (Å²) >= 11 is 0. The third kappa shape index (κ3) is 7.76. The van der Waals surface area contributed by atoms with E-state index in [0.717, 1.165) is 24.1 Å². The Hall–Kier alpha value is -4.01. The normalized spacial score (nSPS) is 10.7. The molecule has 188 valence electrons. The molecule has 3 aromatic carbocycles. The van der Waals surface area contributed by atoms with Crippen molar-refractivity contribution in [1.29, 1.82) is 0 Å². The summed E-state index contributed by atoms with van der Waals surface area (Å²) in [4.78, 5) is 45.8. The van der Waals surface area contributed by atoms with Crippen molar-refractivity contribution < 1.29 is 19.2 Å². The van der Waals surface area contributed by atoms with E-state index in [1.54, 1.807) is 42.5 Å². The van der Waals surface area contributed by atoms with Crippen LogP contribution >= 0.6 is 0 Å². The number of nitrogens with one attached hydrogen (secondary N) is 3. The molecule has 0 radical (unpaired) electrons. The minimum atomic E-state index is -0.504. The molecular formula is C28H32N4O4. The summed E-state index contributed by atoms with van der Waals surface area (Å²) in [6.45, 7) is 4.97. The summed E-state index contributed by atoms with van der Waals surface area (Å²) in [5.41, 5.74) is 6.18. The van der Waals surface area contributed by atoms with Crippen molar-refractivity contribution in [2.24, 2.45) is 0 Å². The first-order valence-electron chi connectivity index (χ1n) is 11.7. The maximum Gasteiger partial charge on any atom is 0.276 e. The summed E-state index contributed by atoms with van der Waals surface area (Å²) in [5, 5.41) is 5.63. The lowest BCUT2D eigenvalue weighted by atomic mass is 10.1. The first-order valence-corrected chi connectivity index (χ1v) is 11.7. The lowest BCUT2D eigenvalue weighted by Crippen LogP contribution is -2.27. The number of carbonyl (C=O) groups is 3. The van der Waals surface area contributed by atoms with Gasteiger partial charge in [-0.05, 0) is 83.4 Å². The summed E-state index contributed by atoms with van der Waals surface area (Å²) in [5.74, 6) is -1.17. The van der Waals surface area contributed by atoms with E-state index in [-0.39, 0.29) is 23.1 Å². The highest BCUT2D eigenvalue weighted by atomic mass is 16.6. The van der Waals surface area contributed by atoms with Crippen molar-refractivity contribution in [2.75, 3.05) is 37.9 Å². The number of aryl methyl sites for hydroxylation is 2. The second-order valence-electron chi connectivity index (χ2n) is 8.84. The molecule has 0 fully saturated rings. The van der Waals surface area contributed by atoms with Crippen LogP contribution in [0.5, 0.6) is 0 Å². The van der Waals surface area contributed by atoms with Crippen LogP contribution < -0.4 is 16.1 Å². The lowest BCUT2D eigenvalue weighted by Gasteiger charge is -2.15. The second-order valence-corrected chi connectivity index (χ2v) is 8.84.